The summed E-state index contributed by atoms with van der Waals surface area (Å²) in [5.74, 6) is -1.88. The fourth-order valence-corrected chi connectivity index (χ4v) is 2.92. The second kappa shape index (κ2) is 8.51. The maximum absolute atomic E-state index is 13.9. The molecule has 2 aromatic rings. The van der Waals surface area contributed by atoms with Gasteiger partial charge >= 0.3 is 12.0 Å². The molecule has 146 valence electrons. The summed E-state index contributed by atoms with van der Waals surface area (Å²) in [5, 5.41) is 7.98. The molecule has 1 unspecified atom stereocenters. The van der Waals surface area contributed by atoms with Crippen LogP contribution in [0.2, 0.25) is 0 Å². The van der Waals surface area contributed by atoms with Gasteiger partial charge in [0.1, 0.15) is 11.6 Å². The Labute approximate surface area is 160 Å². The Morgan fingerprint density at radius 2 is 1.93 bits per heavy atom. The van der Waals surface area contributed by atoms with Gasteiger partial charge in [-0.05, 0) is 30.7 Å². The van der Waals surface area contributed by atoms with Gasteiger partial charge in [0, 0.05) is 0 Å². The number of benzene rings is 2. The summed E-state index contributed by atoms with van der Waals surface area (Å²) in [6.07, 6.45) is 0. The molecule has 0 saturated carbocycles. The third kappa shape index (κ3) is 4.28. The molecule has 3 rings (SSSR count). The molecule has 1 aliphatic heterocycles. The SMILES string of the molecule is CCOC(=O)C1=C(CNc2cc(F)ccc2F)NC(=O)NC1c1ccccc1. The predicted octanol–water partition coefficient (Wildman–Crippen LogP) is 3.25. The van der Waals surface area contributed by atoms with Crippen LogP contribution in [0.25, 0.3) is 0 Å². The fraction of sp³-hybridized carbons (Fsp3) is 0.200. The smallest absolute Gasteiger partial charge is 0.338 e. The number of ether oxygens (including phenoxy) is 1. The fourth-order valence-electron chi connectivity index (χ4n) is 2.92. The van der Waals surface area contributed by atoms with E-state index in [0.29, 0.717) is 5.56 Å². The third-order valence-electron chi connectivity index (χ3n) is 4.17. The van der Waals surface area contributed by atoms with E-state index in [1.165, 1.54) is 0 Å². The maximum Gasteiger partial charge on any atom is 0.338 e. The molecule has 0 spiro atoms. The van der Waals surface area contributed by atoms with Crippen molar-refractivity contribution in [1.82, 2.24) is 10.6 Å². The normalized spacial score (nSPS) is 16.2. The van der Waals surface area contributed by atoms with E-state index in [1.54, 1.807) is 31.2 Å². The number of rotatable bonds is 6. The first-order valence-corrected chi connectivity index (χ1v) is 8.71. The first kappa shape index (κ1) is 19.3. The van der Waals surface area contributed by atoms with Crippen molar-refractivity contribution in [3.8, 4) is 0 Å². The van der Waals surface area contributed by atoms with E-state index in [-0.39, 0.29) is 30.1 Å². The molecule has 6 nitrogen and oxygen atoms in total. The maximum atomic E-state index is 13.9. The highest BCUT2D eigenvalue weighted by Crippen LogP contribution is 2.28. The molecule has 2 amide bonds. The Hall–Kier alpha value is -3.42. The van der Waals surface area contributed by atoms with Crippen molar-refractivity contribution in [2.75, 3.05) is 18.5 Å². The predicted molar refractivity (Wildman–Crippen MR) is 99.4 cm³/mol. The largest absolute Gasteiger partial charge is 0.463 e. The Kier molecular flexibility index (Phi) is 5.88. The Morgan fingerprint density at radius 3 is 2.64 bits per heavy atom. The van der Waals surface area contributed by atoms with Gasteiger partial charge in [-0.1, -0.05) is 30.3 Å². The van der Waals surface area contributed by atoms with Crippen molar-refractivity contribution in [2.45, 2.75) is 13.0 Å². The van der Waals surface area contributed by atoms with E-state index in [9.17, 15) is 18.4 Å². The lowest BCUT2D eigenvalue weighted by molar-refractivity contribution is -0.139. The molecule has 1 aliphatic rings. The summed E-state index contributed by atoms with van der Waals surface area (Å²) in [4.78, 5) is 24.7. The second-order valence-electron chi connectivity index (χ2n) is 6.03. The van der Waals surface area contributed by atoms with Gasteiger partial charge in [0.15, 0.2) is 0 Å². The monoisotopic (exact) mass is 387 g/mol. The van der Waals surface area contributed by atoms with Crippen LogP contribution >= 0.6 is 0 Å². The van der Waals surface area contributed by atoms with E-state index in [4.69, 9.17) is 4.74 Å². The van der Waals surface area contributed by atoms with Crippen molar-refractivity contribution in [2.24, 2.45) is 0 Å². The quantitative estimate of drug-likeness (QED) is 0.665. The first-order chi connectivity index (χ1) is 13.5. The van der Waals surface area contributed by atoms with Gasteiger partial charge < -0.3 is 20.7 Å². The highest BCUT2D eigenvalue weighted by atomic mass is 19.1. The van der Waals surface area contributed by atoms with Gasteiger partial charge in [0.05, 0.1) is 36.2 Å². The molecule has 3 N–H and O–H groups in total. The first-order valence-electron chi connectivity index (χ1n) is 8.71. The number of carbonyl (C=O) groups excluding carboxylic acids is 2. The highest BCUT2D eigenvalue weighted by molar-refractivity contribution is 5.95. The van der Waals surface area contributed by atoms with Crippen LogP contribution in [0, 0.1) is 11.6 Å². The van der Waals surface area contributed by atoms with Gasteiger partial charge in [-0.25, -0.2) is 18.4 Å². The lowest BCUT2D eigenvalue weighted by atomic mass is 9.95. The zero-order valence-corrected chi connectivity index (χ0v) is 15.1. The number of amides is 2. The molecular formula is C20H19F2N3O3. The number of anilines is 1. The lowest BCUT2D eigenvalue weighted by Gasteiger charge is -2.29. The van der Waals surface area contributed by atoms with E-state index < -0.39 is 29.7 Å². The minimum Gasteiger partial charge on any atom is -0.463 e. The van der Waals surface area contributed by atoms with Crippen molar-refractivity contribution in [3.63, 3.8) is 0 Å². The van der Waals surface area contributed by atoms with E-state index >= 15 is 0 Å². The van der Waals surface area contributed by atoms with E-state index in [1.807, 2.05) is 6.07 Å². The molecule has 0 aromatic heterocycles. The highest BCUT2D eigenvalue weighted by Gasteiger charge is 2.33. The van der Waals surface area contributed by atoms with E-state index in [2.05, 4.69) is 16.0 Å². The minimum atomic E-state index is -0.733. The lowest BCUT2D eigenvalue weighted by Crippen LogP contribution is -2.47. The number of carbonyl (C=O) groups is 2. The zero-order chi connectivity index (χ0) is 20.1. The minimum absolute atomic E-state index is 0.0836. The molecule has 0 radical (unpaired) electrons. The number of urea groups is 1. The molecule has 1 atom stereocenters. The summed E-state index contributed by atoms with van der Waals surface area (Å²) in [6.45, 7) is 1.72. The van der Waals surface area contributed by atoms with Crippen LogP contribution < -0.4 is 16.0 Å². The van der Waals surface area contributed by atoms with Crippen LogP contribution in [-0.4, -0.2) is 25.2 Å². The van der Waals surface area contributed by atoms with Crippen LogP contribution in [0.5, 0.6) is 0 Å². The summed E-state index contributed by atoms with van der Waals surface area (Å²) in [5.41, 5.74) is 1.02. The van der Waals surface area contributed by atoms with Crippen LogP contribution in [-0.2, 0) is 9.53 Å². The van der Waals surface area contributed by atoms with Gasteiger partial charge in [-0.3, -0.25) is 0 Å². The average Bonchev–Trinajstić information content (AvgIpc) is 2.69. The molecule has 2 aromatic carbocycles. The number of nitrogens with one attached hydrogen (secondary N) is 3. The average molecular weight is 387 g/mol. The zero-order valence-electron chi connectivity index (χ0n) is 15.1. The summed E-state index contributed by atoms with van der Waals surface area (Å²) in [6, 6.07) is 10.7. The Morgan fingerprint density at radius 1 is 1.18 bits per heavy atom. The standard InChI is InChI=1S/C20H19F2N3O3/c1-2-28-19(26)17-16(11-23-15-10-13(21)8-9-14(15)22)24-20(27)25-18(17)12-6-4-3-5-7-12/h3-10,18,23H,2,11H2,1H3,(H2,24,25,27). The molecule has 28 heavy (non-hydrogen) atoms. The van der Waals surface area contributed by atoms with E-state index in [0.717, 1.165) is 18.2 Å². The van der Waals surface area contributed by atoms with Crippen molar-refractivity contribution in [1.29, 1.82) is 0 Å². The Bertz CT molecular complexity index is 916. The molecule has 0 aliphatic carbocycles. The topological polar surface area (TPSA) is 79.5 Å². The number of hydrogen-bond acceptors (Lipinski definition) is 4. The van der Waals surface area contributed by atoms with Crippen molar-refractivity contribution < 1.29 is 23.1 Å². The van der Waals surface area contributed by atoms with Crippen LogP contribution in [0.3, 0.4) is 0 Å². The van der Waals surface area contributed by atoms with Gasteiger partial charge in [0.25, 0.3) is 0 Å². The van der Waals surface area contributed by atoms with Crippen molar-refractivity contribution in [3.05, 3.63) is 77.0 Å². The van der Waals surface area contributed by atoms with Crippen LogP contribution in [0.1, 0.15) is 18.5 Å². The molecule has 1 heterocycles. The summed E-state index contributed by atoms with van der Waals surface area (Å²) in [7, 11) is 0. The summed E-state index contributed by atoms with van der Waals surface area (Å²) >= 11 is 0. The number of halogens is 2. The Balaban J connectivity index is 1.97. The van der Waals surface area contributed by atoms with Gasteiger partial charge in [0.2, 0.25) is 0 Å². The molecule has 0 fully saturated rings. The third-order valence-corrected chi connectivity index (χ3v) is 4.17. The molecule has 0 bridgehead atoms. The van der Waals surface area contributed by atoms with Gasteiger partial charge in [-0.2, -0.15) is 0 Å². The van der Waals surface area contributed by atoms with Crippen LogP contribution in [0.4, 0.5) is 19.3 Å². The van der Waals surface area contributed by atoms with Gasteiger partial charge in [-0.15, -0.1) is 0 Å². The molecular weight excluding hydrogens is 368 g/mol. The second-order valence-corrected chi connectivity index (χ2v) is 6.03. The van der Waals surface area contributed by atoms with Crippen molar-refractivity contribution >= 4 is 17.7 Å². The molecule has 8 heteroatoms. The van der Waals surface area contributed by atoms with Crippen LogP contribution in [0.15, 0.2) is 59.8 Å². The number of hydrogen-bond donors (Lipinski definition) is 3. The number of esters is 1. The molecule has 0 saturated heterocycles. The summed E-state index contributed by atoms with van der Waals surface area (Å²) < 4.78 is 32.4.